The van der Waals surface area contributed by atoms with Gasteiger partial charge in [-0.1, -0.05) is 11.8 Å². The number of benzene rings is 1. The first-order chi connectivity index (χ1) is 12.5. The van der Waals surface area contributed by atoms with E-state index in [2.05, 4.69) is 15.3 Å². The average Bonchev–Trinajstić information content (AvgIpc) is 2.63. The molecule has 26 heavy (non-hydrogen) atoms. The second-order valence-electron chi connectivity index (χ2n) is 4.83. The van der Waals surface area contributed by atoms with Crippen LogP contribution in [0.25, 0.3) is 0 Å². The number of ether oxygens (including phenoxy) is 2. The summed E-state index contributed by atoms with van der Waals surface area (Å²) in [5, 5.41) is 14.6. The molecule has 0 unspecified atom stereocenters. The highest BCUT2D eigenvalue weighted by molar-refractivity contribution is 7.98. The van der Waals surface area contributed by atoms with Gasteiger partial charge in [-0.2, -0.15) is 0 Å². The molecular weight excluding hydrogens is 360 g/mol. The molecule has 0 aliphatic heterocycles. The molecule has 0 spiro atoms. The minimum absolute atomic E-state index is 0.0906. The molecule has 2 aromatic rings. The highest BCUT2D eigenvalue weighted by atomic mass is 32.2. The average molecular weight is 378 g/mol. The molecule has 0 fully saturated rings. The molecular formula is C16H18N4O5S. The van der Waals surface area contributed by atoms with Crippen molar-refractivity contribution in [1.82, 2.24) is 9.97 Å². The molecule has 0 bridgehead atoms. The Morgan fingerprint density at radius 1 is 1.35 bits per heavy atom. The molecule has 138 valence electrons. The zero-order chi connectivity index (χ0) is 19.1. The third-order valence-corrected chi connectivity index (χ3v) is 3.74. The number of carbonyl (C=O) groups excluding carboxylic acids is 1. The number of rotatable bonds is 8. The van der Waals surface area contributed by atoms with E-state index in [0.29, 0.717) is 17.5 Å². The fraction of sp³-hybridized carbons (Fsp3) is 0.312. The second kappa shape index (κ2) is 8.99. The monoisotopic (exact) mass is 378 g/mol. The summed E-state index contributed by atoms with van der Waals surface area (Å²) in [7, 11) is 0. The van der Waals surface area contributed by atoms with E-state index < -0.39 is 10.9 Å². The molecule has 2 rings (SSSR count). The molecule has 0 aliphatic rings. The molecule has 1 aromatic carbocycles. The summed E-state index contributed by atoms with van der Waals surface area (Å²) in [6.45, 7) is 4.04. The number of nitrogens with one attached hydrogen (secondary N) is 1. The number of anilines is 2. The molecule has 9 nitrogen and oxygen atoms in total. The van der Waals surface area contributed by atoms with Crippen LogP contribution in [0.15, 0.2) is 29.6 Å². The van der Waals surface area contributed by atoms with Gasteiger partial charge in [-0.05, 0) is 32.2 Å². The summed E-state index contributed by atoms with van der Waals surface area (Å²) in [5.41, 5.74) is 0.0673. The van der Waals surface area contributed by atoms with Crippen LogP contribution in [0.5, 0.6) is 5.75 Å². The van der Waals surface area contributed by atoms with E-state index in [1.807, 2.05) is 0 Å². The molecule has 1 N–H and O–H groups in total. The maximum absolute atomic E-state index is 12.1. The van der Waals surface area contributed by atoms with E-state index in [1.165, 1.54) is 30.1 Å². The number of hydrogen-bond acceptors (Lipinski definition) is 9. The van der Waals surface area contributed by atoms with E-state index >= 15 is 0 Å². The van der Waals surface area contributed by atoms with E-state index in [1.54, 1.807) is 26.2 Å². The number of nitro groups is 1. The summed E-state index contributed by atoms with van der Waals surface area (Å²) < 4.78 is 10.3. The van der Waals surface area contributed by atoms with Gasteiger partial charge in [0.15, 0.2) is 5.16 Å². The number of nitrogens with zero attached hydrogens (tertiary/aromatic N) is 3. The van der Waals surface area contributed by atoms with Crippen molar-refractivity contribution in [3.63, 3.8) is 0 Å². The fourth-order valence-electron chi connectivity index (χ4n) is 2.07. The zero-order valence-electron chi connectivity index (χ0n) is 14.5. The lowest BCUT2D eigenvalue weighted by Crippen LogP contribution is -2.11. The Kier molecular flexibility index (Phi) is 6.73. The lowest BCUT2D eigenvalue weighted by atomic mass is 10.2. The quantitative estimate of drug-likeness (QED) is 0.242. The lowest BCUT2D eigenvalue weighted by Gasteiger charge is -2.12. The largest absolute Gasteiger partial charge is 0.494 e. The van der Waals surface area contributed by atoms with Crippen molar-refractivity contribution in [3.05, 3.63) is 40.1 Å². The number of aromatic nitrogens is 2. The summed E-state index contributed by atoms with van der Waals surface area (Å²) in [6, 6.07) is 4.41. The van der Waals surface area contributed by atoms with Gasteiger partial charge in [-0.25, -0.2) is 14.8 Å². The molecule has 0 radical (unpaired) electrons. The van der Waals surface area contributed by atoms with Gasteiger partial charge >= 0.3 is 5.97 Å². The van der Waals surface area contributed by atoms with E-state index in [-0.39, 0.29) is 29.4 Å². The summed E-state index contributed by atoms with van der Waals surface area (Å²) in [6.07, 6.45) is 3.11. The zero-order valence-corrected chi connectivity index (χ0v) is 15.3. The van der Waals surface area contributed by atoms with Gasteiger partial charge in [-0.3, -0.25) is 10.1 Å². The molecule has 0 aliphatic carbocycles. The van der Waals surface area contributed by atoms with Crippen LogP contribution in [0.4, 0.5) is 17.2 Å². The van der Waals surface area contributed by atoms with Crippen molar-refractivity contribution in [3.8, 4) is 5.75 Å². The summed E-state index contributed by atoms with van der Waals surface area (Å²) >= 11 is 1.28. The fourth-order valence-corrected chi connectivity index (χ4v) is 2.41. The predicted octanol–water partition coefficient (Wildman–Crippen LogP) is 3.43. The van der Waals surface area contributed by atoms with Crippen LogP contribution >= 0.6 is 11.8 Å². The number of carbonyl (C=O) groups is 1. The van der Waals surface area contributed by atoms with Crippen molar-refractivity contribution in [2.24, 2.45) is 0 Å². The van der Waals surface area contributed by atoms with Crippen LogP contribution in [0.2, 0.25) is 0 Å². The van der Waals surface area contributed by atoms with E-state index in [0.717, 1.165) is 0 Å². The van der Waals surface area contributed by atoms with Crippen molar-refractivity contribution < 1.29 is 19.2 Å². The van der Waals surface area contributed by atoms with Crippen LogP contribution in [0, 0.1) is 10.1 Å². The van der Waals surface area contributed by atoms with Crippen LogP contribution < -0.4 is 10.1 Å². The maximum Gasteiger partial charge on any atom is 0.343 e. The number of hydrogen-bond donors (Lipinski definition) is 1. The van der Waals surface area contributed by atoms with Crippen LogP contribution in [-0.4, -0.2) is 40.3 Å². The Hall–Kier alpha value is -2.88. The Morgan fingerprint density at radius 3 is 2.73 bits per heavy atom. The molecule has 0 saturated carbocycles. The van der Waals surface area contributed by atoms with Gasteiger partial charge in [0.2, 0.25) is 0 Å². The van der Waals surface area contributed by atoms with Crippen LogP contribution in [-0.2, 0) is 4.74 Å². The third kappa shape index (κ3) is 4.60. The first-order valence-corrected chi connectivity index (χ1v) is 8.99. The lowest BCUT2D eigenvalue weighted by molar-refractivity contribution is -0.384. The number of thioether (sulfide) groups is 1. The summed E-state index contributed by atoms with van der Waals surface area (Å²) in [5.74, 6) is -0.103. The SMILES string of the molecule is CCOC(=O)c1cnc(SC)nc1Nc1ccc(OCC)cc1[N+](=O)[O-]. The molecule has 10 heteroatoms. The first kappa shape index (κ1) is 19.4. The molecule has 1 heterocycles. The van der Waals surface area contributed by atoms with Gasteiger partial charge in [0, 0.05) is 6.20 Å². The van der Waals surface area contributed by atoms with Crippen molar-refractivity contribution in [1.29, 1.82) is 0 Å². The number of esters is 1. The van der Waals surface area contributed by atoms with E-state index in [9.17, 15) is 14.9 Å². The van der Waals surface area contributed by atoms with Gasteiger partial charge in [0.05, 0.1) is 24.2 Å². The first-order valence-electron chi connectivity index (χ1n) is 7.76. The van der Waals surface area contributed by atoms with Gasteiger partial charge in [0.1, 0.15) is 22.8 Å². The topological polar surface area (TPSA) is 116 Å². The molecule has 0 atom stereocenters. The third-order valence-electron chi connectivity index (χ3n) is 3.17. The number of nitro benzene ring substituents is 1. The predicted molar refractivity (Wildman–Crippen MR) is 97.3 cm³/mol. The Morgan fingerprint density at radius 2 is 2.12 bits per heavy atom. The smallest absolute Gasteiger partial charge is 0.343 e. The standard InChI is InChI=1S/C16H18N4O5S/c1-4-24-10-6-7-12(13(8-10)20(22)23)18-14-11(15(21)25-5-2)9-17-16(19-14)26-3/h6-9H,4-5H2,1-3H3,(H,17,18,19). The highest BCUT2D eigenvalue weighted by Crippen LogP contribution is 2.32. The minimum Gasteiger partial charge on any atom is -0.494 e. The van der Waals surface area contributed by atoms with Crippen molar-refractivity contribution >= 4 is 34.9 Å². The van der Waals surface area contributed by atoms with Crippen molar-refractivity contribution in [2.75, 3.05) is 24.8 Å². The Labute approximate surface area is 154 Å². The molecule has 1 aromatic heterocycles. The van der Waals surface area contributed by atoms with Crippen LogP contribution in [0.3, 0.4) is 0 Å². The van der Waals surface area contributed by atoms with Gasteiger partial charge in [0.25, 0.3) is 5.69 Å². The Bertz CT molecular complexity index is 815. The van der Waals surface area contributed by atoms with Crippen LogP contribution in [0.1, 0.15) is 24.2 Å². The second-order valence-corrected chi connectivity index (χ2v) is 5.61. The Balaban J connectivity index is 2.46. The highest BCUT2D eigenvalue weighted by Gasteiger charge is 2.21. The maximum atomic E-state index is 12.1. The molecule has 0 amide bonds. The summed E-state index contributed by atoms with van der Waals surface area (Å²) in [4.78, 5) is 31.3. The van der Waals surface area contributed by atoms with E-state index in [4.69, 9.17) is 9.47 Å². The minimum atomic E-state index is -0.615. The van der Waals surface area contributed by atoms with Gasteiger partial charge in [-0.15, -0.1) is 0 Å². The molecule has 0 saturated heterocycles. The van der Waals surface area contributed by atoms with Crippen molar-refractivity contribution in [2.45, 2.75) is 19.0 Å². The normalized spacial score (nSPS) is 10.3. The van der Waals surface area contributed by atoms with Gasteiger partial charge < -0.3 is 14.8 Å².